The Morgan fingerprint density at radius 1 is 1.26 bits per heavy atom. The number of hydrogen-bond acceptors (Lipinski definition) is 4. The van der Waals surface area contributed by atoms with Crippen molar-refractivity contribution >= 4 is 23.1 Å². The van der Waals surface area contributed by atoms with Crippen molar-refractivity contribution in [2.45, 2.75) is 26.2 Å². The Bertz CT molecular complexity index is 444. The van der Waals surface area contributed by atoms with Crippen LogP contribution < -0.4 is 5.48 Å². The van der Waals surface area contributed by atoms with Gasteiger partial charge in [-0.05, 0) is 18.6 Å². The first-order chi connectivity index (χ1) is 9.22. The molecule has 0 aliphatic heterocycles. The van der Waals surface area contributed by atoms with Crippen LogP contribution in [0.2, 0.25) is 5.02 Å². The molecule has 0 aromatic heterocycles. The topological polar surface area (TPSA) is 77.2 Å². The molecule has 0 atom stereocenters. The summed E-state index contributed by atoms with van der Waals surface area (Å²) in [5.41, 5.74) is 2.76. The molecule has 0 heterocycles. The molecule has 0 fully saturated rings. The first kappa shape index (κ1) is 15.5. The number of amidine groups is 1. The zero-order valence-corrected chi connectivity index (χ0v) is 11.6. The lowest BCUT2D eigenvalue weighted by Gasteiger charge is -2.07. The average molecular weight is 284 g/mol. The third kappa shape index (κ3) is 4.89. The smallest absolute Gasteiger partial charge is 0.175 e. The fraction of sp³-hybridized carbons (Fsp3) is 0.385. The SMILES string of the molecule is CCCCCN=C(NO)/C(=N\O)c1ccc(Cl)cc1. The first-order valence-corrected chi connectivity index (χ1v) is 6.53. The number of benzene rings is 1. The summed E-state index contributed by atoms with van der Waals surface area (Å²) in [6, 6.07) is 6.73. The number of nitrogens with zero attached hydrogens (tertiary/aromatic N) is 2. The number of aliphatic imine (C=N–C) groups is 1. The summed E-state index contributed by atoms with van der Waals surface area (Å²) < 4.78 is 0. The van der Waals surface area contributed by atoms with Crippen LogP contribution >= 0.6 is 11.6 Å². The van der Waals surface area contributed by atoms with Crippen molar-refractivity contribution in [3.05, 3.63) is 34.9 Å². The number of hydrogen-bond donors (Lipinski definition) is 3. The summed E-state index contributed by atoms with van der Waals surface area (Å²) in [7, 11) is 0. The lowest BCUT2D eigenvalue weighted by Crippen LogP contribution is -2.29. The highest BCUT2D eigenvalue weighted by Crippen LogP contribution is 2.11. The minimum absolute atomic E-state index is 0.140. The number of oxime groups is 1. The van der Waals surface area contributed by atoms with Gasteiger partial charge >= 0.3 is 0 Å². The second-order valence-electron chi connectivity index (χ2n) is 4.00. The maximum Gasteiger partial charge on any atom is 0.175 e. The molecule has 104 valence electrons. The zero-order chi connectivity index (χ0) is 14.1. The highest BCUT2D eigenvalue weighted by Gasteiger charge is 2.11. The van der Waals surface area contributed by atoms with E-state index in [4.69, 9.17) is 22.0 Å². The summed E-state index contributed by atoms with van der Waals surface area (Å²) in [5.74, 6) is 0.140. The molecular formula is C13H18ClN3O2. The third-order valence-corrected chi connectivity index (χ3v) is 2.83. The highest BCUT2D eigenvalue weighted by molar-refractivity contribution is 6.47. The fourth-order valence-corrected chi connectivity index (χ4v) is 1.69. The van der Waals surface area contributed by atoms with Crippen molar-refractivity contribution in [2.24, 2.45) is 10.1 Å². The van der Waals surface area contributed by atoms with Gasteiger partial charge in [0.2, 0.25) is 0 Å². The zero-order valence-electron chi connectivity index (χ0n) is 10.8. The van der Waals surface area contributed by atoms with E-state index in [9.17, 15) is 0 Å². The van der Waals surface area contributed by atoms with Gasteiger partial charge < -0.3 is 5.21 Å². The van der Waals surface area contributed by atoms with E-state index in [1.807, 2.05) is 5.48 Å². The molecule has 0 radical (unpaired) electrons. The van der Waals surface area contributed by atoms with Gasteiger partial charge in [-0.2, -0.15) is 0 Å². The van der Waals surface area contributed by atoms with Crippen molar-refractivity contribution in [1.29, 1.82) is 0 Å². The normalized spacial score (nSPS) is 12.6. The van der Waals surface area contributed by atoms with Crippen LogP contribution in [0.15, 0.2) is 34.4 Å². The molecule has 0 aliphatic carbocycles. The Morgan fingerprint density at radius 3 is 2.47 bits per heavy atom. The summed E-state index contributed by atoms with van der Waals surface area (Å²) in [5, 5.41) is 21.9. The Morgan fingerprint density at radius 2 is 1.95 bits per heavy atom. The first-order valence-electron chi connectivity index (χ1n) is 6.15. The molecule has 5 nitrogen and oxygen atoms in total. The van der Waals surface area contributed by atoms with Crippen LogP contribution in [0.4, 0.5) is 0 Å². The Balaban J connectivity index is 2.84. The number of rotatable bonds is 6. The van der Waals surface area contributed by atoms with Gasteiger partial charge in [0.1, 0.15) is 0 Å². The molecule has 1 aromatic carbocycles. The van der Waals surface area contributed by atoms with E-state index in [0.717, 1.165) is 19.3 Å². The average Bonchev–Trinajstić information content (AvgIpc) is 2.44. The third-order valence-electron chi connectivity index (χ3n) is 2.58. The monoisotopic (exact) mass is 283 g/mol. The van der Waals surface area contributed by atoms with Crippen LogP contribution in [-0.4, -0.2) is 28.5 Å². The minimum atomic E-state index is 0.140. The Hall–Kier alpha value is -1.59. The maximum absolute atomic E-state index is 9.10. The molecule has 0 spiro atoms. The number of nitrogens with one attached hydrogen (secondary N) is 1. The predicted molar refractivity (Wildman–Crippen MR) is 76.5 cm³/mol. The second kappa shape index (κ2) is 8.50. The highest BCUT2D eigenvalue weighted by atomic mass is 35.5. The van der Waals surface area contributed by atoms with Crippen LogP contribution in [0.5, 0.6) is 0 Å². The molecule has 0 aliphatic rings. The number of unbranched alkanes of at least 4 members (excludes halogenated alkanes) is 2. The Labute approximate surface area is 117 Å². The molecule has 0 saturated carbocycles. The molecular weight excluding hydrogens is 266 g/mol. The molecule has 0 amide bonds. The molecule has 1 aromatic rings. The summed E-state index contributed by atoms with van der Waals surface area (Å²) >= 11 is 5.79. The van der Waals surface area contributed by atoms with Crippen molar-refractivity contribution in [3.63, 3.8) is 0 Å². The van der Waals surface area contributed by atoms with Gasteiger partial charge in [-0.25, -0.2) is 0 Å². The van der Waals surface area contributed by atoms with Gasteiger partial charge in [-0.1, -0.05) is 48.7 Å². The van der Waals surface area contributed by atoms with Gasteiger partial charge in [0.05, 0.1) is 0 Å². The van der Waals surface area contributed by atoms with Crippen molar-refractivity contribution in [3.8, 4) is 0 Å². The van der Waals surface area contributed by atoms with E-state index < -0.39 is 0 Å². The number of halogens is 1. The molecule has 0 unspecified atom stereocenters. The molecule has 19 heavy (non-hydrogen) atoms. The summed E-state index contributed by atoms with van der Waals surface area (Å²) in [6.07, 6.45) is 3.07. The lowest BCUT2D eigenvalue weighted by molar-refractivity contribution is 0.235. The molecule has 3 N–H and O–H groups in total. The minimum Gasteiger partial charge on any atom is -0.410 e. The number of hydroxylamine groups is 1. The van der Waals surface area contributed by atoms with Gasteiger partial charge in [0.25, 0.3) is 0 Å². The molecule has 1 rings (SSSR count). The predicted octanol–water partition coefficient (Wildman–Crippen LogP) is 3.09. The standard InChI is InChI=1S/C13H18ClN3O2/c1-2-3-4-9-15-13(17-19)12(16-18)10-5-7-11(14)8-6-10/h5-8,18-19H,2-4,9H2,1H3,(H,15,17)/b16-12-. The van der Waals surface area contributed by atoms with E-state index in [1.54, 1.807) is 24.3 Å². The van der Waals surface area contributed by atoms with Crippen LogP contribution in [0.25, 0.3) is 0 Å². The van der Waals surface area contributed by atoms with E-state index in [2.05, 4.69) is 17.1 Å². The van der Waals surface area contributed by atoms with E-state index >= 15 is 0 Å². The van der Waals surface area contributed by atoms with Gasteiger partial charge in [-0.3, -0.25) is 15.7 Å². The largest absolute Gasteiger partial charge is 0.410 e. The van der Waals surface area contributed by atoms with E-state index in [-0.39, 0.29) is 11.5 Å². The van der Waals surface area contributed by atoms with Crippen LogP contribution in [0.1, 0.15) is 31.7 Å². The van der Waals surface area contributed by atoms with Crippen molar-refractivity contribution in [1.82, 2.24) is 5.48 Å². The van der Waals surface area contributed by atoms with Gasteiger partial charge in [-0.15, -0.1) is 0 Å². The molecule has 0 saturated heterocycles. The van der Waals surface area contributed by atoms with Crippen molar-refractivity contribution < 1.29 is 10.4 Å². The van der Waals surface area contributed by atoms with Crippen LogP contribution in [0, 0.1) is 0 Å². The fourth-order valence-electron chi connectivity index (χ4n) is 1.57. The van der Waals surface area contributed by atoms with E-state index in [1.165, 1.54) is 0 Å². The van der Waals surface area contributed by atoms with Gasteiger partial charge in [0.15, 0.2) is 11.5 Å². The van der Waals surface area contributed by atoms with Crippen molar-refractivity contribution in [2.75, 3.05) is 6.54 Å². The van der Waals surface area contributed by atoms with Crippen LogP contribution in [0.3, 0.4) is 0 Å². The molecule has 0 bridgehead atoms. The van der Waals surface area contributed by atoms with Gasteiger partial charge in [0, 0.05) is 17.1 Å². The lowest BCUT2D eigenvalue weighted by atomic mass is 10.1. The Kier molecular flexibility index (Phi) is 6.92. The summed E-state index contributed by atoms with van der Waals surface area (Å²) in [4.78, 5) is 4.18. The molecule has 6 heteroatoms. The van der Waals surface area contributed by atoms with Crippen LogP contribution in [-0.2, 0) is 0 Å². The maximum atomic E-state index is 9.10. The summed E-state index contributed by atoms with van der Waals surface area (Å²) in [6.45, 7) is 2.66. The second-order valence-corrected chi connectivity index (χ2v) is 4.44. The quantitative estimate of drug-likeness (QED) is 0.247. The van der Waals surface area contributed by atoms with E-state index in [0.29, 0.717) is 17.1 Å².